The summed E-state index contributed by atoms with van der Waals surface area (Å²) in [6, 6.07) is 5.93. The number of sulfonamides is 1. The first-order chi connectivity index (χ1) is 11.7. The molecule has 0 saturated carbocycles. The minimum Gasteiger partial charge on any atom is -0.509 e. The molecule has 1 aliphatic heterocycles. The summed E-state index contributed by atoms with van der Waals surface area (Å²) >= 11 is 0. The lowest BCUT2D eigenvalue weighted by Crippen LogP contribution is -2.34. The van der Waals surface area contributed by atoms with Gasteiger partial charge in [-0.3, -0.25) is 4.79 Å². The van der Waals surface area contributed by atoms with Crippen molar-refractivity contribution in [3.05, 3.63) is 53.0 Å². The van der Waals surface area contributed by atoms with Gasteiger partial charge in [-0.15, -0.1) is 0 Å². The van der Waals surface area contributed by atoms with Crippen molar-refractivity contribution in [2.24, 2.45) is 0 Å². The zero-order valence-corrected chi connectivity index (χ0v) is 14.7. The topological polar surface area (TPSA) is 110 Å². The second kappa shape index (κ2) is 6.98. The number of hydrogen-bond acceptors (Lipinski definition) is 7. The zero-order chi connectivity index (χ0) is 18.8. The van der Waals surface area contributed by atoms with Gasteiger partial charge in [-0.2, -0.15) is 0 Å². The molecule has 0 unspecified atom stereocenters. The van der Waals surface area contributed by atoms with Crippen LogP contribution in [-0.4, -0.2) is 50.5 Å². The SMILES string of the molecule is COC(=O)/C=C(/OC)C1=C(O)CN(S(=O)(=O)c2ccc(C)cc2)C1=O. The van der Waals surface area contributed by atoms with Crippen molar-refractivity contribution >= 4 is 21.9 Å². The van der Waals surface area contributed by atoms with E-state index in [1.165, 1.54) is 19.2 Å². The molecule has 1 N–H and O–H groups in total. The van der Waals surface area contributed by atoms with E-state index in [1.54, 1.807) is 19.1 Å². The Bertz CT molecular complexity index is 866. The molecule has 0 atom stereocenters. The number of benzene rings is 1. The normalized spacial score (nSPS) is 15.6. The van der Waals surface area contributed by atoms with E-state index in [1.807, 2.05) is 0 Å². The number of methoxy groups -OCH3 is 2. The Morgan fingerprint density at radius 2 is 1.80 bits per heavy atom. The summed E-state index contributed by atoms with van der Waals surface area (Å²) in [4.78, 5) is 23.8. The van der Waals surface area contributed by atoms with Crippen LogP contribution in [-0.2, 0) is 29.1 Å². The Labute approximate surface area is 145 Å². The van der Waals surface area contributed by atoms with Crippen LogP contribution in [0, 0.1) is 6.92 Å². The number of esters is 1. The van der Waals surface area contributed by atoms with Gasteiger partial charge in [0.25, 0.3) is 15.9 Å². The molecule has 2 rings (SSSR count). The van der Waals surface area contributed by atoms with Gasteiger partial charge in [0.15, 0.2) is 0 Å². The quantitative estimate of drug-likeness (QED) is 0.470. The maximum atomic E-state index is 12.7. The average Bonchev–Trinajstić information content (AvgIpc) is 2.88. The lowest BCUT2D eigenvalue weighted by atomic mass is 10.2. The van der Waals surface area contributed by atoms with Crippen molar-refractivity contribution in [1.82, 2.24) is 4.31 Å². The fourth-order valence-corrected chi connectivity index (χ4v) is 3.55. The molecule has 1 aliphatic rings. The van der Waals surface area contributed by atoms with Gasteiger partial charge in [0, 0.05) is 0 Å². The molecule has 0 spiro atoms. The highest BCUT2D eigenvalue weighted by atomic mass is 32.2. The molecular weight excluding hydrogens is 350 g/mol. The summed E-state index contributed by atoms with van der Waals surface area (Å²) in [5.74, 6) is -2.60. The molecule has 8 nitrogen and oxygen atoms in total. The van der Waals surface area contributed by atoms with Crippen molar-refractivity contribution in [1.29, 1.82) is 0 Å². The van der Waals surface area contributed by atoms with Crippen molar-refractivity contribution in [3.63, 3.8) is 0 Å². The minimum absolute atomic E-state index is 0.0867. The number of aliphatic hydroxyl groups excluding tert-OH is 1. The number of ether oxygens (including phenoxy) is 2. The van der Waals surface area contributed by atoms with E-state index in [4.69, 9.17) is 4.74 Å². The van der Waals surface area contributed by atoms with Gasteiger partial charge in [-0.1, -0.05) is 17.7 Å². The van der Waals surface area contributed by atoms with Crippen LogP contribution in [0.4, 0.5) is 0 Å². The Balaban J connectivity index is 2.40. The van der Waals surface area contributed by atoms with E-state index in [-0.39, 0.29) is 10.7 Å². The predicted octanol–water partition coefficient (Wildman–Crippen LogP) is 1.04. The molecule has 1 amide bonds. The highest BCUT2D eigenvalue weighted by Crippen LogP contribution is 2.29. The largest absolute Gasteiger partial charge is 0.509 e. The van der Waals surface area contributed by atoms with Gasteiger partial charge in [0.05, 0.1) is 31.7 Å². The fraction of sp³-hybridized carbons (Fsp3) is 0.250. The Kier molecular flexibility index (Phi) is 5.17. The third-order valence-electron chi connectivity index (χ3n) is 3.55. The van der Waals surface area contributed by atoms with Crippen LogP contribution in [0.5, 0.6) is 0 Å². The molecule has 25 heavy (non-hydrogen) atoms. The van der Waals surface area contributed by atoms with Crippen molar-refractivity contribution in [3.8, 4) is 0 Å². The zero-order valence-electron chi connectivity index (χ0n) is 13.8. The fourth-order valence-electron chi connectivity index (χ4n) is 2.21. The van der Waals surface area contributed by atoms with Gasteiger partial charge in [-0.05, 0) is 19.1 Å². The molecule has 0 aliphatic carbocycles. The molecule has 0 bridgehead atoms. The summed E-state index contributed by atoms with van der Waals surface area (Å²) in [5, 5.41) is 10.1. The van der Waals surface area contributed by atoms with Gasteiger partial charge >= 0.3 is 5.97 Å². The first-order valence-electron chi connectivity index (χ1n) is 7.12. The molecule has 0 saturated heterocycles. The molecule has 0 aromatic heterocycles. The maximum Gasteiger partial charge on any atom is 0.334 e. The van der Waals surface area contributed by atoms with E-state index in [0.29, 0.717) is 4.31 Å². The van der Waals surface area contributed by atoms with Crippen LogP contribution >= 0.6 is 0 Å². The highest BCUT2D eigenvalue weighted by molar-refractivity contribution is 7.89. The number of rotatable bonds is 5. The van der Waals surface area contributed by atoms with Crippen LogP contribution in [0.15, 0.2) is 52.3 Å². The Morgan fingerprint density at radius 3 is 2.32 bits per heavy atom. The summed E-state index contributed by atoms with van der Waals surface area (Å²) in [6.07, 6.45) is 0.853. The second-order valence-electron chi connectivity index (χ2n) is 5.19. The number of carbonyl (C=O) groups excluding carboxylic acids is 2. The Hall–Kier alpha value is -2.81. The van der Waals surface area contributed by atoms with E-state index in [2.05, 4.69) is 4.74 Å². The molecule has 0 fully saturated rings. The van der Waals surface area contributed by atoms with Crippen LogP contribution in [0.1, 0.15) is 5.56 Å². The molecule has 9 heteroatoms. The number of carbonyl (C=O) groups is 2. The van der Waals surface area contributed by atoms with Crippen molar-refractivity contribution in [2.75, 3.05) is 20.8 Å². The van der Waals surface area contributed by atoms with Gasteiger partial charge in [0.2, 0.25) is 0 Å². The number of aliphatic hydroxyl groups is 1. The van der Waals surface area contributed by atoms with Crippen LogP contribution < -0.4 is 0 Å². The first-order valence-corrected chi connectivity index (χ1v) is 8.56. The number of amides is 1. The molecule has 0 radical (unpaired) electrons. The second-order valence-corrected chi connectivity index (χ2v) is 7.05. The van der Waals surface area contributed by atoms with Gasteiger partial charge < -0.3 is 14.6 Å². The van der Waals surface area contributed by atoms with Crippen molar-refractivity contribution in [2.45, 2.75) is 11.8 Å². The summed E-state index contributed by atoms with van der Waals surface area (Å²) in [7, 11) is -1.85. The van der Waals surface area contributed by atoms with E-state index < -0.39 is 39.8 Å². The molecular formula is C16H17NO7S. The highest BCUT2D eigenvalue weighted by Gasteiger charge is 2.41. The predicted molar refractivity (Wildman–Crippen MR) is 86.8 cm³/mol. The average molecular weight is 367 g/mol. The third kappa shape index (κ3) is 3.50. The summed E-state index contributed by atoms with van der Waals surface area (Å²) < 4.78 is 35.2. The molecule has 1 aromatic carbocycles. The standard InChI is InChI=1S/C16H17NO7S/c1-10-4-6-11(7-5-10)25(21,22)17-9-12(18)15(16(17)20)13(23-2)8-14(19)24-3/h4-8,18H,9H2,1-3H3/b13-8+. The number of nitrogens with zero attached hydrogens (tertiary/aromatic N) is 1. The lowest BCUT2D eigenvalue weighted by Gasteiger charge is -2.17. The van der Waals surface area contributed by atoms with Crippen LogP contribution in [0.3, 0.4) is 0 Å². The number of aryl methyl sites for hydroxylation is 1. The first kappa shape index (κ1) is 18.5. The summed E-state index contributed by atoms with van der Waals surface area (Å²) in [5.41, 5.74) is 0.458. The van der Waals surface area contributed by atoms with Gasteiger partial charge in [-0.25, -0.2) is 17.5 Å². The van der Waals surface area contributed by atoms with E-state index >= 15 is 0 Å². The smallest absolute Gasteiger partial charge is 0.334 e. The van der Waals surface area contributed by atoms with Crippen LogP contribution in [0.2, 0.25) is 0 Å². The summed E-state index contributed by atoms with van der Waals surface area (Å²) in [6.45, 7) is 1.25. The van der Waals surface area contributed by atoms with E-state index in [0.717, 1.165) is 18.7 Å². The third-order valence-corrected chi connectivity index (χ3v) is 5.29. The van der Waals surface area contributed by atoms with Crippen molar-refractivity contribution < 1.29 is 32.6 Å². The Morgan fingerprint density at radius 1 is 1.20 bits per heavy atom. The van der Waals surface area contributed by atoms with E-state index in [9.17, 15) is 23.1 Å². The monoisotopic (exact) mass is 367 g/mol. The lowest BCUT2D eigenvalue weighted by molar-refractivity contribution is -0.135. The number of hydrogen-bond donors (Lipinski definition) is 1. The maximum absolute atomic E-state index is 12.7. The van der Waals surface area contributed by atoms with Gasteiger partial charge in [0.1, 0.15) is 17.1 Å². The minimum atomic E-state index is -4.16. The molecule has 1 aromatic rings. The molecule has 1 heterocycles. The molecule has 134 valence electrons. The van der Waals surface area contributed by atoms with Crippen LogP contribution in [0.25, 0.3) is 0 Å².